The molecule has 1 aliphatic rings. The van der Waals surface area contributed by atoms with Crippen LogP contribution < -0.4 is 11.3 Å². The summed E-state index contributed by atoms with van der Waals surface area (Å²) in [5, 5.41) is 0.545. The second-order valence-electron chi connectivity index (χ2n) is 6.80. The molecular weight excluding hydrogens is 352 g/mol. The van der Waals surface area contributed by atoms with Gasteiger partial charge in [0, 0.05) is 25.6 Å². The van der Waals surface area contributed by atoms with Gasteiger partial charge in [0.25, 0.3) is 11.5 Å². The van der Waals surface area contributed by atoms with E-state index in [9.17, 15) is 14.4 Å². The molecule has 8 heteroatoms. The van der Waals surface area contributed by atoms with Gasteiger partial charge in [-0.05, 0) is 31.7 Å². The molecule has 1 fully saturated rings. The van der Waals surface area contributed by atoms with Gasteiger partial charge in [0.05, 0.1) is 16.6 Å². The summed E-state index contributed by atoms with van der Waals surface area (Å²) in [7, 11) is 0. The zero-order valence-corrected chi connectivity index (χ0v) is 16.0. The van der Waals surface area contributed by atoms with Crippen molar-refractivity contribution in [2.24, 2.45) is 11.7 Å². The molecule has 0 radical (unpaired) electrons. The van der Waals surface area contributed by atoms with Gasteiger partial charge in [-0.1, -0.05) is 13.3 Å². The maximum Gasteiger partial charge on any atom is 0.264 e. The number of likely N-dealkylation sites (tertiary alicyclic amines) is 1. The molecule has 2 aromatic rings. The fraction of sp³-hybridized carbons (Fsp3) is 0.556. The van der Waals surface area contributed by atoms with E-state index in [1.807, 2.05) is 6.92 Å². The van der Waals surface area contributed by atoms with Crippen LogP contribution in [0.5, 0.6) is 0 Å². The van der Waals surface area contributed by atoms with Crippen LogP contribution in [0.1, 0.15) is 47.8 Å². The van der Waals surface area contributed by atoms with E-state index in [1.165, 1.54) is 11.3 Å². The molecule has 2 N–H and O–H groups in total. The van der Waals surface area contributed by atoms with Crippen molar-refractivity contribution in [1.82, 2.24) is 14.5 Å². The van der Waals surface area contributed by atoms with Crippen LogP contribution in [0.2, 0.25) is 0 Å². The molecule has 3 rings (SSSR count). The van der Waals surface area contributed by atoms with E-state index in [1.54, 1.807) is 15.8 Å². The van der Waals surface area contributed by atoms with Gasteiger partial charge >= 0.3 is 0 Å². The molecule has 26 heavy (non-hydrogen) atoms. The zero-order valence-electron chi connectivity index (χ0n) is 15.2. The van der Waals surface area contributed by atoms with Crippen LogP contribution in [0.3, 0.4) is 0 Å². The number of rotatable bonds is 5. The second kappa shape index (κ2) is 7.57. The Morgan fingerprint density at radius 3 is 2.65 bits per heavy atom. The zero-order chi connectivity index (χ0) is 18.8. The molecule has 0 spiro atoms. The first kappa shape index (κ1) is 18.6. The minimum Gasteiger partial charge on any atom is -0.369 e. The molecule has 7 nitrogen and oxygen atoms in total. The third kappa shape index (κ3) is 3.38. The van der Waals surface area contributed by atoms with Gasteiger partial charge in [-0.3, -0.25) is 19.0 Å². The first-order chi connectivity index (χ1) is 12.4. The van der Waals surface area contributed by atoms with Crippen molar-refractivity contribution in [3.05, 3.63) is 27.1 Å². The predicted molar refractivity (Wildman–Crippen MR) is 101 cm³/mol. The minimum absolute atomic E-state index is 0.0799. The van der Waals surface area contributed by atoms with E-state index < -0.39 is 0 Å². The van der Waals surface area contributed by atoms with Crippen molar-refractivity contribution in [3.63, 3.8) is 0 Å². The lowest BCUT2D eigenvalue weighted by molar-refractivity contribution is -0.123. The highest BCUT2D eigenvalue weighted by atomic mass is 32.1. The third-order valence-corrected chi connectivity index (χ3v) is 6.24. The summed E-state index contributed by atoms with van der Waals surface area (Å²) >= 11 is 1.27. The van der Waals surface area contributed by atoms with Crippen molar-refractivity contribution in [3.8, 4) is 0 Å². The SMILES string of the molecule is CCCCn1cnc2sc(C(=O)N3CCC(C(N)=O)CC3)c(C)c2c1=O. The summed E-state index contributed by atoms with van der Waals surface area (Å²) in [6.07, 6.45) is 4.66. The number of aryl methyl sites for hydroxylation is 2. The highest BCUT2D eigenvalue weighted by Crippen LogP contribution is 2.29. The van der Waals surface area contributed by atoms with Crippen molar-refractivity contribution in [2.75, 3.05) is 13.1 Å². The molecule has 0 unspecified atom stereocenters. The normalized spacial score (nSPS) is 15.5. The van der Waals surface area contributed by atoms with E-state index in [0.29, 0.717) is 53.1 Å². The molecule has 1 aliphatic heterocycles. The number of aromatic nitrogens is 2. The molecule has 1 saturated heterocycles. The van der Waals surface area contributed by atoms with Crippen molar-refractivity contribution in [2.45, 2.75) is 46.1 Å². The highest BCUT2D eigenvalue weighted by molar-refractivity contribution is 7.20. The molecule has 0 bridgehead atoms. The van der Waals surface area contributed by atoms with Gasteiger partial charge in [-0.25, -0.2) is 4.98 Å². The predicted octanol–water partition coefficient (Wildman–Crippen LogP) is 1.90. The van der Waals surface area contributed by atoms with Crippen LogP contribution in [0.25, 0.3) is 10.2 Å². The molecule has 2 aromatic heterocycles. The fourth-order valence-corrected chi connectivity index (χ4v) is 4.47. The molecule has 0 atom stereocenters. The largest absolute Gasteiger partial charge is 0.369 e. The summed E-state index contributed by atoms with van der Waals surface area (Å²) in [5.41, 5.74) is 5.98. The Morgan fingerprint density at radius 2 is 2.04 bits per heavy atom. The molecule has 140 valence electrons. The van der Waals surface area contributed by atoms with Crippen LogP contribution in [0.4, 0.5) is 0 Å². The summed E-state index contributed by atoms with van der Waals surface area (Å²) in [5.74, 6) is -0.546. The fourth-order valence-electron chi connectivity index (χ4n) is 3.36. The topological polar surface area (TPSA) is 98.3 Å². The number of fused-ring (bicyclic) bond motifs is 1. The molecule has 0 aromatic carbocycles. The Balaban J connectivity index is 1.88. The van der Waals surface area contributed by atoms with Gasteiger partial charge in [-0.15, -0.1) is 11.3 Å². The molecule has 0 saturated carbocycles. The Kier molecular flexibility index (Phi) is 5.41. The Labute approximate surface area is 155 Å². The van der Waals surface area contributed by atoms with Crippen LogP contribution in [-0.2, 0) is 11.3 Å². The summed E-state index contributed by atoms with van der Waals surface area (Å²) in [4.78, 5) is 44.3. The lowest BCUT2D eigenvalue weighted by Gasteiger charge is -2.30. The molecule has 3 heterocycles. The number of carbonyl (C=O) groups is 2. The monoisotopic (exact) mass is 376 g/mol. The first-order valence-electron chi connectivity index (χ1n) is 9.01. The van der Waals surface area contributed by atoms with Gasteiger partial charge in [0.15, 0.2) is 0 Å². The summed E-state index contributed by atoms with van der Waals surface area (Å²) in [6, 6.07) is 0. The maximum absolute atomic E-state index is 12.9. The first-order valence-corrected chi connectivity index (χ1v) is 9.82. The van der Waals surface area contributed by atoms with Gasteiger partial charge < -0.3 is 10.6 Å². The number of thiophene rings is 1. The van der Waals surface area contributed by atoms with Crippen LogP contribution >= 0.6 is 11.3 Å². The van der Waals surface area contributed by atoms with E-state index in [4.69, 9.17) is 5.73 Å². The minimum atomic E-state index is -0.299. The van der Waals surface area contributed by atoms with Crippen LogP contribution in [-0.4, -0.2) is 39.4 Å². The van der Waals surface area contributed by atoms with E-state index in [-0.39, 0.29) is 23.3 Å². The smallest absolute Gasteiger partial charge is 0.264 e. The van der Waals surface area contributed by atoms with Gasteiger partial charge in [0.1, 0.15) is 4.83 Å². The highest BCUT2D eigenvalue weighted by Gasteiger charge is 2.29. The Morgan fingerprint density at radius 1 is 1.35 bits per heavy atom. The second-order valence-corrected chi connectivity index (χ2v) is 7.80. The Bertz CT molecular complexity index is 894. The molecular formula is C18H24N4O3S. The number of unbranched alkanes of at least 4 members (excludes halogenated alkanes) is 1. The lowest BCUT2D eigenvalue weighted by Crippen LogP contribution is -2.41. The lowest BCUT2D eigenvalue weighted by atomic mass is 9.96. The van der Waals surface area contributed by atoms with E-state index in [0.717, 1.165) is 12.8 Å². The number of carbonyl (C=O) groups excluding carboxylic acids is 2. The van der Waals surface area contributed by atoms with E-state index in [2.05, 4.69) is 11.9 Å². The number of hydrogen-bond acceptors (Lipinski definition) is 5. The molecule has 2 amide bonds. The maximum atomic E-state index is 12.9. The number of primary amides is 1. The van der Waals surface area contributed by atoms with E-state index >= 15 is 0 Å². The summed E-state index contributed by atoms with van der Waals surface area (Å²) < 4.78 is 1.62. The number of nitrogens with zero attached hydrogens (tertiary/aromatic N) is 3. The molecule has 0 aliphatic carbocycles. The summed E-state index contributed by atoms with van der Waals surface area (Å²) in [6.45, 7) is 5.54. The number of piperidine rings is 1. The standard InChI is InChI=1S/C18H24N4O3S/c1-3-4-7-22-10-20-16-13(17(22)24)11(2)14(26-16)18(25)21-8-5-12(6-9-21)15(19)23/h10,12H,3-9H2,1-2H3,(H2,19,23). The van der Waals surface area contributed by atoms with Crippen molar-refractivity contribution < 1.29 is 9.59 Å². The third-order valence-electron chi connectivity index (χ3n) is 5.05. The van der Waals surface area contributed by atoms with Crippen molar-refractivity contribution >= 4 is 33.4 Å². The van der Waals surface area contributed by atoms with Gasteiger partial charge in [0.2, 0.25) is 5.91 Å². The number of nitrogens with two attached hydrogens (primary N) is 1. The average Bonchev–Trinajstić information content (AvgIpc) is 2.98. The van der Waals surface area contributed by atoms with Gasteiger partial charge in [-0.2, -0.15) is 0 Å². The quantitative estimate of drug-likeness (QED) is 0.862. The van der Waals surface area contributed by atoms with Crippen LogP contribution in [0, 0.1) is 12.8 Å². The van der Waals surface area contributed by atoms with Crippen LogP contribution in [0.15, 0.2) is 11.1 Å². The number of hydrogen-bond donors (Lipinski definition) is 1. The number of amides is 2. The van der Waals surface area contributed by atoms with Crippen molar-refractivity contribution in [1.29, 1.82) is 0 Å². The average molecular weight is 376 g/mol. The Hall–Kier alpha value is -2.22.